The summed E-state index contributed by atoms with van der Waals surface area (Å²) in [6, 6.07) is 12.6. The first-order valence-corrected chi connectivity index (χ1v) is 16.2. The number of nitrogens with one attached hydrogen (secondary N) is 2. The van der Waals surface area contributed by atoms with E-state index in [2.05, 4.69) is 15.5 Å². The quantitative estimate of drug-likeness (QED) is 0.408. The van der Waals surface area contributed by atoms with Crippen molar-refractivity contribution in [1.29, 1.82) is 0 Å². The molecule has 0 spiro atoms. The Labute approximate surface area is 263 Å². The number of amides is 3. The van der Waals surface area contributed by atoms with E-state index in [-0.39, 0.29) is 49.1 Å². The second-order valence-electron chi connectivity index (χ2n) is 12.7. The maximum Gasteiger partial charge on any atom is 0.255 e. The van der Waals surface area contributed by atoms with Gasteiger partial charge in [0.15, 0.2) is 0 Å². The van der Waals surface area contributed by atoms with Gasteiger partial charge in [-0.15, -0.1) is 0 Å². The first-order valence-electron chi connectivity index (χ1n) is 16.2. The summed E-state index contributed by atoms with van der Waals surface area (Å²) in [7, 11) is 0. The molecule has 4 aliphatic heterocycles. The number of aliphatic hydroxyl groups is 2. The fourth-order valence-corrected chi connectivity index (χ4v) is 7.18. The summed E-state index contributed by atoms with van der Waals surface area (Å²) in [5, 5.41) is 26.3. The largest absolute Gasteiger partial charge is 0.493 e. The number of nitrogens with zero attached hydrogens (tertiary/aromatic N) is 2. The third-order valence-corrected chi connectivity index (χ3v) is 9.81. The first-order chi connectivity index (χ1) is 21.8. The highest BCUT2D eigenvalue weighted by molar-refractivity contribution is 5.98. The molecule has 45 heavy (non-hydrogen) atoms. The third-order valence-electron chi connectivity index (χ3n) is 9.81. The Kier molecular flexibility index (Phi) is 9.70. The minimum atomic E-state index is -0.663. The van der Waals surface area contributed by atoms with E-state index in [0.717, 1.165) is 29.5 Å². The van der Waals surface area contributed by atoms with Crippen LogP contribution in [0.3, 0.4) is 0 Å². The maximum absolute atomic E-state index is 13.8. The molecule has 11 nitrogen and oxygen atoms in total. The summed E-state index contributed by atoms with van der Waals surface area (Å²) in [5.74, 6) is 0.138. The van der Waals surface area contributed by atoms with E-state index in [1.807, 2.05) is 41.3 Å². The van der Waals surface area contributed by atoms with E-state index in [1.54, 1.807) is 13.0 Å². The van der Waals surface area contributed by atoms with Crippen molar-refractivity contribution in [3.63, 3.8) is 0 Å². The van der Waals surface area contributed by atoms with Crippen molar-refractivity contribution in [2.24, 2.45) is 0 Å². The molecule has 0 radical (unpaired) electrons. The van der Waals surface area contributed by atoms with Crippen LogP contribution in [0.5, 0.6) is 5.75 Å². The summed E-state index contributed by atoms with van der Waals surface area (Å²) in [6.45, 7) is 3.88. The van der Waals surface area contributed by atoms with Crippen LogP contribution >= 0.6 is 0 Å². The molecule has 2 aromatic rings. The third kappa shape index (κ3) is 7.17. The molecule has 2 aromatic carbocycles. The Morgan fingerprint density at radius 1 is 1.00 bits per heavy atom. The highest BCUT2D eigenvalue weighted by atomic mass is 16.5. The van der Waals surface area contributed by atoms with Gasteiger partial charge in [0.2, 0.25) is 11.8 Å². The van der Waals surface area contributed by atoms with Gasteiger partial charge < -0.3 is 35.2 Å². The molecule has 0 unspecified atom stereocenters. The summed E-state index contributed by atoms with van der Waals surface area (Å²) < 4.78 is 12.5. The normalized spacial score (nSPS) is 28.5. The SMILES string of the molecule is CC(=O)N1CCC(N2C[C@@H]3C[C@H]2C(=O)NC[C@H]2O[C@H](CCOc4cc(-c5ccc(CO)cc5)ccc4C(=O)N3)CC[C@@H]2O)CC1. The molecular formula is C34H44N4O7. The van der Waals surface area contributed by atoms with Crippen LogP contribution in [0.4, 0.5) is 0 Å². The topological polar surface area (TPSA) is 141 Å². The molecule has 11 heteroatoms. The molecule has 4 N–H and O–H groups in total. The van der Waals surface area contributed by atoms with Crippen molar-refractivity contribution in [3.05, 3.63) is 53.6 Å². The number of carbonyl (C=O) groups excluding carboxylic acids is 3. The first kappa shape index (κ1) is 31.5. The van der Waals surface area contributed by atoms with Crippen LogP contribution in [0.15, 0.2) is 42.5 Å². The second-order valence-corrected chi connectivity index (χ2v) is 12.7. The van der Waals surface area contributed by atoms with Crippen molar-refractivity contribution in [2.45, 2.75) is 88.5 Å². The predicted molar refractivity (Wildman–Crippen MR) is 166 cm³/mol. The molecule has 3 saturated heterocycles. The molecule has 4 aliphatic rings. The molecule has 4 heterocycles. The molecule has 3 amide bonds. The van der Waals surface area contributed by atoms with Gasteiger partial charge in [-0.2, -0.15) is 0 Å². The van der Waals surface area contributed by atoms with Crippen molar-refractivity contribution < 1.29 is 34.1 Å². The lowest BCUT2D eigenvalue weighted by atomic mass is 9.98. The van der Waals surface area contributed by atoms with Crippen molar-refractivity contribution in [2.75, 3.05) is 32.8 Å². The van der Waals surface area contributed by atoms with Gasteiger partial charge in [0.25, 0.3) is 5.91 Å². The summed E-state index contributed by atoms with van der Waals surface area (Å²) in [5.41, 5.74) is 3.06. The number of benzene rings is 2. The number of rotatable bonds is 3. The van der Waals surface area contributed by atoms with Crippen molar-refractivity contribution in [1.82, 2.24) is 20.4 Å². The fraction of sp³-hybridized carbons (Fsp3) is 0.559. The van der Waals surface area contributed by atoms with Crippen molar-refractivity contribution in [3.8, 4) is 16.9 Å². The monoisotopic (exact) mass is 620 g/mol. The smallest absolute Gasteiger partial charge is 0.255 e. The molecule has 6 rings (SSSR count). The number of fused-ring (bicyclic) bond motifs is 5. The van der Waals surface area contributed by atoms with E-state index in [1.165, 1.54) is 0 Å². The van der Waals surface area contributed by atoms with Gasteiger partial charge in [-0.05, 0) is 60.9 Å². The number of hydrogen-bond acceptors (Lipinski definition) is 8. The molecule has 242 valence electrons. The number of carbonyl (C=O) groups is 3. The minimum Gasteiger partial charge on any atom is -0.493 e. The Hall–Kier alpha value is -3.51. The Balaban J connectivity index is 1.27. The lowest BCUT2D eigenvalue weighted by molar-refractivity contribution is -0.135. The fourth-order valence-electron chi connectivity index (χ4n) is 7.18. The lowest BCUT2D eigenvalue weighted by Crippen LogP contribution is -2.54. The average Bonchev–Trinajstić information content (AvgIpc) is 3.48. The van der Waals surface area contributed by atoms with Gasteiger partial charge >= 0.3 is 0 Å². The van der Waals surface area contributed by atoms with Crippen molar-refractivity contribution >= 4 is 17.7 Å². The van der Waals surface area contributed by atoms with Crippen LogP contribution in [0, 0.1) is 0 Å². The van der Waals surface area contributed by atoms with E-state index in [0.29, 0.717) is 63.2 Å². The molecule has 0 aromatic heterocycles. The number of aliphatic hydroxyl groups excluding tert-OH is 2. The maximum atomic E-state index is 13.8. The second kappa shape index (κ2) is 13.9. The summed E-state index contributed by atoms with van der Waals surface area (Å²) >= 11 is 0. The Bertz CT molecular complexity index is 1380. The number of piperidine rings is 1. The van der Waals surface area contributed by atoms with E-state index in [9.17, 15) is 24.6 Å². The zero-order valence-electron chi connectivity index (χ0n) is 25.8. The van der Waals surface area contributed by atoms with Gasteiger partial charge in [-0.1, -0.05) is 30.3 Å². The highest BCUT2D eigenvalue weighted by Gasteiger charge is 2.42. The molecular weight excluding hydrogens is 576 g/mol. The average molecular weight is 621 g/mol. The lowest BCUT2D eigenvalue weighted by Gasteiger charge is -2.39. The van der Waals surface area contributed by atoms with Crippen LogP contribution in [-0.4, -0.2) is 107 Å². The molecule has 0 saturated carbocycles. The van der Waals surface area contributed by atoms with Gasteiger partial charge in [0.1, 0.15) is 11.9 Å². The van der Waals surface area contributed by atoms with Crippen LogP contribution in [0.1, 0.15) is 61.4 Å². The minimum absolute atomic E-state index is 0.0341. The number of likely N-dealkylation sites (tertiary alicyclic amines) is 2. The van der Waals surface area contributed by atoms with Gasteiger partial charge in [-0.3, -0.25) is 19.3 Å². The standard InChI is InChI=1S/C34H44N4O7/c1-21(40)37-13-10-26(11-14-37)38-19-25-17-29(38)34(43)35-18-32-30(41)9-7-27(45-32)12-15-44-31-16-24(6-8-28(31)33(42)36-25)23-4-2-22(20-39)3-5-23/h2-6,8,16,25-27,29-30,32,39,41H,7,9-15,17-20H2,1H3,(H,35,43)(H,36,42)/t25-,27-,29-,30-,32+/m0/s1. The molecule has 0 aliphatic carbocycles. The Morgan fingerprint density at radius 3 is 2.49 bits per heavy atom. The Morgan fingerprint density at radius 2 is 1.76 bits per heavy atom. The van der Waals surface area contributed by atoms with E-state index < -0.39 is 18.2 Å². The van der Waals surface area contributed by atoms with Gasteiger partial charge in [0.05, 0.1) is 37.0 Å². The van der Waals surface area contributed by atoms with Crippen LogP contribution < -0.4 is 15.4 Å². The molecule has 5 atom stereocenters. The number of hydrogen-bond donors (Lipinski definition) is 4. The highest BCUT2D eigenvalue weighted by Crippen LogP contribution is 2.31. The van der Waals surface area contributed by atoms with Crippen LogP contribution in [0.2, 0.25) is 0 Å². The van der Waals surface area contributed by atoms with Gasteiger partial charge in [-0.25, -0.2) is 0 Å². The zero-order valence-corrected chi connectivity index (χ0v) is 25.8. The zero-order chi connectivity index (χ0) is 31.5. The summed E-state index contributed by atoms with van der Waals surface area (Å²) in [6.07, 6.45) is 2.48. The van der Waals surface area contributed by atoms with Crippen LogP contribution in [-0.2, 0) is 20.9 Å². The van der Waals surface area contributed by atoms with E-state index >= 15 is 0 Å². The predicted octanol–water partition coefficient (Wildman–Crippen LogP) is 1.84. The molecule has 3 fully saturated rings. The van der Waals surface area contributed by atoms with E-state index in [4.69, 9.17) is 9.47 Å². The number of ether oxygens (including phenoxy) is 2. The molecule has 4 bridgehead atoms. The van der Waals surface area contributed by atoms with Gasteiger partial charge in [0, 0.05) is 51.6 Å². The summed E-state index contributed by atoms with van der Waals surface area (Å²) in [4.78, 5) is 43.4. The van der Waals surface area contributed by atoms with Crippen LogP contribution in [0.25, 0.3) is 11.1 Å².